The molecule has 0 saturated carbocycles. The molecule has 0 aliphatic carbocycles. The first-order valence-electron chi connectivity index (χ1n) is 7.62. The summed E-state index contributed by atoms with van der Waals surface area (Å²) in [4.78, 5) is 4.82. The van der Waals surface area contributed by atoms with Crippen molar-refractivity contribution in [2.75, 3.05) is 44.7 Å². The van der Waals surface area contributed by atoms with Crippen molar-refractivity contribution in [1.29, 1.82) is 0 Å². The van der Waals surface area contributed by atoms with Crippen molar-refractivity contribution in [3.05, 3.63) is 29.8 Å². The van der Waals surface area contributed by atoms with E-state index in [0.29, 0.717) is 6.04 Å². The van der Waals surface area contributed by atoms with Gasteiger partial charge in [0, 0.05) is 37.9 Å². The van der Waals surface area contributed by atoms with Crippen LogP contribution in [0.2, 0.25) is 0 Å². The third-order valence-electron chi connectivity index (χ3n) is 4.50. The Morgan fingerprint density at radius 1 is 1.35 bits per heavy atom. The minimum atomic E-state index is 0.286. The number of hydrogen-bond donors (Lipinski definition) is 1. The van der Waals surface area contributed by atoms with E-state index in [1.807, 2.05) is 0 Å². The molecule has 2 heterocycles. The SMILES string of the molecule is CN1CCOC(CN2c3ccccc3CCC2CN)C1. The van der Waals surface area contributed by atoms with E-state index in [1.54, 1.807) is 0 Å². The Balaban J connectivity index is 1.78. The predicted octanol–water partition coefficient (Wildman–Crippen LogP) is 1.10. The standard InChI is InChI=1S/C16H25N3O/c1-18-8-9-20-15(11-18)12-19-14(10-17)7-6-13-4-2-3-5-16(13)19/h2-5,14-15H,6-12,17H2,1H3. The molecule has 0 spiro atoms. The van der Waals surface area contributed by atoms with Crippen LogP contribution in [0.3, 0.4) is 0 Å². The molecule has 1 fully saturated rings. The normalized spacial score (nSPS) is 27.4. The zero-order valence-corrected chi connectivity index (χ0v) is 12.3. The topological polar surface area (TPSA) is 41.7 Å². The molecule has 4 heteroatoms. The molecule has 2 aliphatic rings. The van der Waals surface area contributed by atoms with E-state index in [-0.39, 0.29) is 6.10 Å². The van der Waals surface area contributed by atoms with E-state index < -0.39 is 0 Å². The van der Waals surface area contributed by atoms with Crippen molar-refractivity contribution in [2.45, 2.75) is 25.0 Å². The van der Waals surface area contributed by atoms with Crippen LogP contribution in [-0.2, 0) is 11.2 Å². The number of anilines is 1. The van der Waals surface area contributed by atoms with Gasteiger partial charge in [-0.2, -0.15) is 0 Å². The fourth-order valence-electron chi connectivity index (χ4n) is 3.37. The number of morpholine rings is 1. The van der Waals surface area contributed by atoms with Crippen molar-refractivity contribution in [3.63, 3.8) is 0 Å². The summed E-state index contributed by atoms with van der Waals surface area (Å²) in [7, 11) is 2.17. The highest BCUT2D eigenvalue weighted by Crippen LogP contribution is 2.30. The summed E-state index contributed by atoms with van der Waals surface area (Å²) < 4.78 is 5.93. The van der Waals surface area contributed by atoms with E-state index in [1.165, 1.54) is 11.3 Å². The smallest absolute Gasteiger partial charge is 0.0877 e. The molecule has 2 aliphatic heterocycles. The van der Waals surface area contributed by atoms with Crippen LogP contribution in [0, 0.1) is 0 Å². The number of fused-ring (bicyclic) bond motifs is 1. The number of ether oxygens (including phenoxy) is 1. The van der Waals surface area contributed by atoms with Gasteiger partial charge in [0.05, 0.1) is 12.7 Å². The van der Waals surface area contributed by atoms with Crippen LogP contribution in [0.1, 0.15) is 12.0 Å². The summed E-state index contributed by atoms with van der Waals surface area (Å²) in [6.07, 6.45) is 2.57. The third-order valence-corrected chi connectivity index (χ3v) is 4.50. The lowest BCUT2D eigenvalue weighted by atomic mass is 9.95. The molecular formula is C16H25N3O. The van der Waals surface area contributed by atoms with Gasteiger partial charge in [-0.1, -0.05) is 18.2 Å². The van der Waals surface area contributed by atoms with Crippen molar-refractivity contribution in [2.24, 2.45) is 5.73 Å². The number of benzene rings is 1. The van der Waals surface area contributed by atoms with Crippen molar-refractivity contribution in [1.82, 2.24) is 4.90 Å². The van der Waals surface area contributed by atoms with Gasteiger partial charge in [-0.15, -0.1) is 0 Å². The second-order valence-electron chi connectivity index (χ2n) is 5.96. The first-order valence-corrected chi connectivity index (χ1v) is 7.62. The highest BCUT2D eigenvalue weighted by molar-refractivity contribution is 5.56. The first-order chi connectivity index (χ1) is 9.78. The fraction of sp³-hybridized carbons (Fsp3) is 0.625. The van der Waals surface area contributed by atoms with Gasteiger partial charge in [-0.25, -0.2) is 0 Å². The Morgan fingerprint density at radius 3 is 3.00 bits per heavy atom. The Kier molecular flexibility index (Phi) is 4.24. The van der Waals surface area contributed by atoms with Gasteiger partial charge in [0.15, 0.2) is 0 Å². The largest absolute Gasteiger partial charge is 0.374 e. The maximum absolute atomic E-state index is 5.99. The average molecular weight is 275 g/mol. The monoisotopic (exact) mass is 275 g/mol. The summed E-state index contributed by atoms with van der Waals surface area (Å²) >= 11 is 0. The number of nitrogens with two attached hydrogens (primary N) is 1. The minimum absolute atomic E-state index is 0.286. The summed E-state index contributed by atoms with van der Waals surface area (Å²) in [6.45, 7) is 4.55. The molecular weight excluding hydrogens is 250 g/mol. The van der Waals surface area contributed by atoms with E-state index >= 15 is 0 Å². The Hall–Kier alpha value is -1.10. The quantitative estimate of drug-likeness (QED) is 0.897. The molecule has 4 nitrogen and oxygen atoms in total. The Morgan fingerprint density at radius 2 is 2.20 bits per heavy atom. The highest BCUT2D eigenvalue weighted by Gasteiger charge is 2.28. The molecule has 1 aromatic carbocycles. The number of nitrogens with zero attached hydrogens (tertiary/aromatic N) is 2. The average Bonchev–Trinajstić information content (AvgIpc) is 2.48. The van der Waals surface area contributed by atoms with Gasteiger partial charge in [0.1, 0.15) is 0 Å². The molecule has 1 aromatic rings. The summed E-state index contributed by atoms with van der Waals surface area (Å²) in [5, 5.41) is 0. The van der Waals surface area contributed by atoms with Crippen molar-refractivity contribution in [3.8, 4) is 0 Å². The molecule has 110 valence electrons. The van der Waals surface area contributed by atoms with Crippen LogP contribution >= 0.6 is 0 Å². The molecule has 2 unspecified atom stereocenters. The number of para-hydroxylation sites is 1. The van der Waals surface area contributed by atoms with Crippen LogP contribution in [0.4, 0.5) is 5.69 Å². The molecule has 1 saturated heterocycles. The lowest BCUT2D eigenvalue weighted by Crippen LogP contribution is -2.52. The predicted molar refractivity (Wildman–Crippen MR) is 82.2 cm³/mol. The lowest BCUT2D eigenvalue weighted by Gasteiger charge is -2.42. The number of rotatable bonds is 3. The molecule has 2 N–H and O–H groups in total. The van der Waals surface area contributed by atoms with E-state index in [9.17, 15) is 0 Å². The molecule has 0 radical (unpaired) electrons. The van der Waals surface area contributed by atoms with Crippen LogP contribution < -0.4 is 10.6 Å². The first kappa shape index (κ1) is 13.9. The van der Waals surface area contributed by atoms with Crippen LogP contribution in [-0.4, -0.2) is 56.9 Å². The zero-order chi connectivity index (χ0) is 13.9. The zero-order valence-electron chi connectivity index (χ0n) is 12.3. The van der Waals surface area contributed by atoms with Crippen LogP contribution in [0.5, 0.6) is 0 Å². The highest BCUT2D eigenvalue weighted by atomic mass is 16.5. The molecule has 2 atom stereocenters. The maximum Gasteiger partial charge on any atom is 0.0877 e. The molecule has 20 heavy (non-hydrogen) atoms. The fourth-order valence-corrected chi connectivity index (χ4v) is 3.37. The molecule has 0 bridgehead atoms. The Labute approximate surface area is 121 Å². The summed E-state index contributed by atoms with van der Waals surface area (Å²) in [5.74, 6) is 0. The third kappa shape index (κ3) is 2.82. The summed E-state index contributed by atoms with van der Waals surface area (Å²) in [6, 6.07) is 9.16. The van der Waals surface area contributed by atoms with Crippen LogP contribution in [0.25, 0.3) is 0 Å². The number of likely N-dealkylation sites (N-methyl/N-ethyl adjacent to an activating group) is 1. The van der Waals surface area contributed by atoms with Crippen LogP contribution in [0.15, 0.2) is 24.3 Å². The van der Waals surface area contributed by atoms with Crippen molar-refractivity contribution >= 4 is 5.69 Å². The maximum atomic E-state index is 5.99. The van der Waals surface area contributed by atoms with Gasteiger partial charge in [0.25, 0.3) is 0 Å². The second kappa shape index (κ2) is 6.12. The van der Waals surface area contributed by atoms with Gasteiger partial charge in [-0.3, -0.25) is 0 Å². The minimum Gasteiger partial charge on any atom is -0.374 e. The lowest BCUT2D eigenvalue weighted by molar-refractivity contribution is -0.0157. The second-order valence-corrected chi connectivity index (χ2v) is 5.96. The molecule has 0 amide bonds. The summed E-state index contributed by atoms with van der Waals surface area (Å²) in [5.41, 5.74) is 8.79. The van der Waals surface area contributed by atoms with Gasteiger partial charge >= 0.3 is 0 Å². The van der Waals surface area contributed by atoms with E-state index in [4.69, 9.17) is 10.5 Å². The van der Waals surface area contributed by atoms with E-state index in [2.05, 4.69) is 41.1 Å². The molecule has 3 rings (SSSR count). The van der Waals surface area contributed by atoms with Gasteiger partial charge in [0.2, 0.25) is 0 Å². The Bertz CT molecular complexity index is 451. The van der Waals surface area contributed by atoms with Gasteiger partial charge in [-0.05, 0) is 31.5 Å². The number of hydrogen-bond acceptors (Lipinski definition) is 4. The van der Waals surface area contributed by atoms with Crippen molar-refractivity contribution < 1.29 is 4.74 Å². The molecule has 0 aromatic heterocycles. The van der Waals surface area contributed by atoms with E-state index in [0.717, 1.165) is 45.6 Å². The van der Waals surface area contributed by atoms with Gasteiger partial charge < -0.3 is 20.3 Å². The number of aryl methyl sites for hydroxylation is 1.